The van der Waals surface area contributed by atoms with Gasteiger partial charge in [-0.2, -0.15) is 4.98 Å². The van der Waals surface area contributed by atoms with Crippen molar-refractivity contribution in [1.82, 2.24) is 15.0 Å². The minimum absolute atomic E-state index is 0.141. The van der Waals surface area contributed by atoms with Gasteiger partial charge in [0.15, 0.2) is 6.61 Å². The summed E-state index contributed by atoms with van der Waals surface area (Å²) in [6.07, 6.45) is 1.34. The van der Waals surface area contributed by atoms with E-state index in [0.717, 1.165) is 0 Å². The molecule has 1 N–H and O–H groups in total. The zero-order chi connectivity index (χ0) is 21.6. The molecule has 31 heavy (non-hydrogen) atoms. The van der Waals surface area contributed by atoms with Gasteiger partial charge in [-0.25, -0.2) is 9.18 Å². The van der Waals surface area contributed by atoms with E-state index in [0.29, 0.717) is 30.6 Å². The Kier molecular flexibility index (Phi) is 6.21. The highest BCUT2D eigenvalue weighted by atomic mass is 19.1. The van der Waals surface area contributed by atoms with E-state index < -0.39 is 11.9 Å². The summed E-state index contributed by atoms with van der Waals surface area (Å²) in [5, 5.41) is 6.65. The van der Waals surface area contributed by atoms with Crippen LogP contribution in [0.4, 0.5) is 14.9 Å². The third kappa shape index (κ3) is 5.25. The zero-order valence-corrected chi connectivity index (χ0v) is 16.7. The first-order valence-electron chi connectivity index (χ1n) is 9.94. The van der Waals surface area contributed by atoms with Gasteiger partial charge in [-0.3, -0.25) is 4.79 Å². The molecule has 1 aliphatic heterocycles. The molecule has 2 amide bonds. The lowest BCUT2D eigenvalue weighted by Gasteiger charge is -2.31. The van der Waals surface area contributed by atoms with Gasteiger partial charge in [0.2, 0.25) is 5.82 Å². The number of halogens is 1. The summed E-state index contributed by atoms with van der Waals surface area (Å²) in [5.74, 6) is -0.775. The van der Waals surface area contributed by atoms with E-state index in [-0.39, 0.29) is 36.7 Å². The number of para-hydroxylation sites is 1. The van der Waals surface area contributed by atoms with Crippen LogP contribution in [0.1, 0.15) is 18.7 Å². The average Bonchev–Trinajstić information content (AvgIpc) is 3.28. The van der Waals surface area contributed by atoms with Gasteiger partial charge in [0, 0.05) is 24.3 Å². The van der Waals surface area contributed by atoms with Gasteiger partial charge in [0.05, 0.1) is 5.92 Å². The highest BCUT2D eigenvalue weighted by Crippen LogP contribution is 2.21. The summed E-state index contributed by atoms with van der Waals surface area (Å²) < 4.78 is 23.5. The number of hydrogen-bond donors (Lipinski definition) is 1. The second-order valence-corrected chi connectivity index (χ2v) is 7.21. The van der Waals surface area contributed by atoms with Gasteiger partial charge < -0.3 is 19.5 Å². The number of piperidine rings is 1. The first-order chi connectivity index (χ1) is 15.1. The maximum absolute atomic E-state index is 13.0. The number of esters is 1. The molecule has 1 saturated heterocycles. The number of aromatic nitrogens is 2. The molecule has 160 valence electrons. The number of anilines is 1. The van der Waals surface area contributed by atoms with Crippen LogP contribution in [0.2, 0.25) is 0 Å². The van der Waals surface area contributed by atoms with E-state index in [4.69, 9.17) is 9.26 Å². The molecular weight excluding hydrogens is 403 g/mol. The molecule has 3 aromatic rings. The number of nitrogens with one attached hydrogen (secondary N) is 1. The fourth-order valence-corrected chi connectivity index (χ4v) is 3.36. The first kappa shape index (κ1) is 20.5. The summed E-state index contributed by atoms with van der Waals surface area (Å²) in [6.45, 7) is 0.690. The number of urea groups is 1. The van der Waals surface area contributed by atoms with Gasteiger partial charge in [0.25, 0.3) is 5.89 Å². The summed E-state index contributed by atoms with van der Waals surface area (Å²) in [6, 6.07) is 14.6. The Labute approximate surface area is 178 Å². The Morgan fingerprint density at radius 3 is 2.71 bits per heavy atom. The summed E-state index contributed by atoms with van der Waals surface area (Å²) in [7, 11) is 0. The van der Waals surface area contributed by atoms with Crippen molar-refractivity contribution >= 4 is 17.7 Å². The van der Waals surface area contributed by atoms with Crippen molar-refractivity contribution in [2.75, 3.05) is 18.4 Å². The van der Waals surface area contributed by atoms with Gasteiger partial charge in [-0.15, -0.1) is 0 Å². The number of hydrogen-bond acceptors (Lipinski definition) is 6. The van der Waals surface area contributed by atoms with E-state index >= 15 is 0 Å². The van der Waals surface area contributed by atoms with E-state index in [9.17, 15) is 14.0 Å². The van der Waals surface area contributed by atoms with Crippen molar-refractivity contribution in [3.05, 3.63) is 66.3 Å². The van der Waals surface area contributed by atoms with Crippen LogP contribution in [0.25, 0.3) is 11.4 Å². The number of amides is 2. The molecule has 1 aliphatic rings. The number of benzene rings is 2. The van der Waals surface area contributed by atoms with Gasteiger partial charge in [-0.1, -0.05) is 23.4 Å². The molecule has 2 heterocycles. The minimum Gasteiger partial charge on any atom is -0.455 e. The largest absolute Gasteiger partial charge is 0.455 e. The monoisotopic (exact) mass is 424 g/mol. The SMILES string of the molecule is O=C(OCc1nc(-c2ccc(F)cc2)no1)C1CCCN(C(=O)Nc2ccccc2)C1. The number of carbonyl (C=O) groups excluding carboxylic acids is 2. The van der Waals surface area contributed by atoms with Crippen LogP contribution in [0.3, 0.4) is 0 Å². The Morgan fingerprint density at radius 1 is 1.16 bits per heavy atom. The molecule has 8 nitrogen and oxygen atoms in total. The zero-order valence-electron chi connectivity index (χ0n) is 16.7. The predicted molar refractivity (Wildman–Crippen MR) is 109 cm³/mol. The lowest BCUT2D eigenvalue weighted by Crippen LogP contribution is -2.44. The van der Waals surface area contributed by atoms with Crippen molar-refractivity contribution in [2.24, 2.45) is 5.92 Å². The minimum atomic E-state index is -0.422. The molecule has 1 aromatic heterocycles. The molecule has 0 bridgehead atoms. The van der Waals surface area contributed by atoms with Crippen LogP contribution >= 0.6 is 0 Å². The lowest BCUT2D eigenvalue weighted by molar-refractivity contribution is -0.152. The number of nitrogens with zero attached hydrogens (tertiary/aromatic N) is 3. The van der Waals surface area contributed by atoms with E-state index in [1.807, 2.05) is 18.2 Å². The van der Waals surface area contributed by atoms with Gasteiger partial charge >= 0.3 is 12.0 Å². The first-order valence-corrected chi connectivity index (χ1v) is 9.94. The molecule has 2 aromatic carbocycles. The quantitative estimate of drug-likeness (QED) is 0.625. The Morgan fingerprint density at radius 2 is 1.94 bits per heavy atom. The molecule has 1 fully saturated rings. The molecule has 0 aliphatic carbocycles. The Balaban J connectivity index is 1.29. The molecule has 9 heteroatoms. The van der Waals surface area contributed by atoms with Gasteiger partial charge in [0.1, 0.15) is 5.82 Å². The number of ether oxygens (including phenoxy) is 1. The summed E-state index contributed by atoms with van der Waals surface area (Å²) in [4.78, 5) is 30.8. The number of carbonyl (C=O) groups is 2. The molecule has 0 radical (unpaired) electrons. The van der Waals surface area contributed by atoms with Crippen LogP contribution in [0, 0.1) is 11.7 Å². The van der Waals surface area contributed by atoms with Crippen molar-refractivity contribution in [1.29, 1.82) is 0 Å². The lowest BCUT2D eigenvalue weighted by atomic mass is 9.98. The summed E-state index contributed by atoms with van der Waals surface area (Å²) >= 11 is 0. The van der Waals surface area contributed by atoms with Crippen molar-refractivity contribution in [3.63, 3.8) is 0 Å². The normalized spacial score (nSPS) is 16.0. The van der Waals surface area contributed by atoms with E-state index in [1.54, 1.807) is 17.0 Å². The van der Waals surface area contributed by atoms with Crippen LogP contribution < -0.4 is 5.32 Å². The third-order valence-electron chi connectivity index (χ3n) is 4.98. The van der Waals surface area contributed by atoms with Crippen molar-refractivity contribution in [2.45, 2.75) is 19.4 Å². The van der Waals surface area contributed by atoms with Crippen LogP contribution in [0.5, 0.6) is 0 Å². The van der Waals surface area contributed by atoms with Crippen LogP contribution in [-0.2, 0) is 16.1 Å². The second-order valence-electron chi connectivity index (χ2n) is 7.21. The molecule has 1 atom stereocenters. The highest BCUT2D eigenvalue weighted by Gasteiger charge is 2.30. The maximum Gasteiger partial charge on any atom is 0.321 e. The highest BCUT2D eigenvalue weighted by molar-refractivity contribution is 5.89. The van der Waals surface area contributed by atoms with Crippen LogP contribution in [-0.4, -0.2) is 40.1 Å². The topological polar surface area (TPSA) is 97.6 Å². The molecule has 0 saturated carbocycles. The Bertz CT molecular complexity index is 1040. The number of rotatable bonds is 5. The standard InChI is InChI=1S/C22H21FN4O4/c23-17-10-8-15(9-11-17)20-25-19(31-26-20)14-30-21(28)16-5-4-12-27(13-16)22(29)24-18-6-2-1-3-7-18/h1-3,6-11,16H,4-5,12-14H2,(H,24,29). The van der Waals surface area contributed by atoms with E-state index in [2.05, 4.69) is 15.5 Å². The Hall–Kier alpha value is -3.75. The smallest absolute Gasteiger partial charge is 0.321 e. The van der Waals surface area contributed by atoms with Crippen molar-refractivity contribution < 1.29 is 23.2 Å². The molecule has 4 rings (SSSR count). The fourth-order valence-electron chi connectivity index (χ4n) is 3.36. The second kappa shape index (κ2) is 9.38. The molecule has 0 spiro atoms. The fraction of sp³-hybridized carbons (Fsp3) is 0.273. The maximum atomic E-state index is 13.0. The predicted octanol–water partition coefficient (Wildman–Crippen LogP) is 3.86. The molecular formula is C22H21FN4O4. The average molecular weight is 424 g/mol. The van der Waals surface area contributed by atoms with Crippen molar-refractivity contribution in [3.8, 4) is 11.4 Å². The van der Waals surface area contributed by atoms with E-state index in [1.165, 1.54) is 24.3 Å². The number of likely N-dealkylation sites (tertiary alicyclic amines) is 1. The molecule has 1 unspecified atom stereocenters. The summed E-state index contributed by atoms with van der Waals surface area (Å²) in [5.41, 5.74) is 1.29. The van der Waals surface area contributed by atoms with Crippen LogP contribution in [0.15, 0.2) is 59.1 Å². The van der Waals surface area contributed by atoms with Gasteiger partial charge in [-0.05, 0) is 49.2 Å². The third-order valence-corrected chi connectivity index (χ3v) is 4.98.